The van der Waals surface area contributed by atoms with E-state index < -0.39 is 17.7 Å². The van der Waals surface area contributed by atoms with E-state index in [2.05, 4.69) is 4.98 Å². The number of hydrogen-bond acceptors (Lipinski definition) is 4. The normalized spacial score (nSPS) is 11.7. The molecule has 0 fully saturated rings. The van der Waals surface area contributed by atoms with Gasteiger partial charge in [-0.15, -0.1) is 0 Å². The highest BCUT2D eigenvalue weighted by Crippen LogP contribution is 2.21. The molecule has 104 valence electrons. The van der Waals surface area contributed by atoms with Crippen LogP contribution < -0.4 is 4.74 Å². The molecule has 0 aliphatic rings. The molecule has 5 heteroatoms. The van der Waals surface area contributed by atoms with Crippen LogP contribution in [0.15, 0.2) is 48.8 Å². The molecule has 1 heterocycles. The molecule has 0 aliphatic carbocycles. The van der Waals surface area contributed by atoms with Crippen LogP contribution in [-0.4, -0.2) is 24.7 Å². The topological polar surface area (TPSA) is 48.4 Å². The molecule has 4 nitrogen and oxygen atoms in total. The molecule has 2 aromatic rings. The molecule has 2 rings (SSSR count). The Kier molecular flexibility index (Phi) is 4.65. The van der Waals surface area contributed by atoms with Crippen molar-refractivity contribution >= 4 is 5.97 Å². The van der Waals surface area contributed by atoms with Gasteiger partial charge in [-0.05, 0) is 23.8 Å². The summed E-state index contributed by atoms with van der Waals surface area (Å²) in [4.78, 5) is 15.8. The monoisotopic (exact) mass is 275 g/mol. The van der Waals surface area contributed by atoms with Gasteiger partial charge >= 0.3 is 5.97 Å². The van der Waals surface area contributed by atoms with Crippen LogP contribution >= 0.6 is 0 Å². The van der Waals surface area contributed by atoms with Gasteiger partial charge in [0.2, 0.25) is 0 Å². The summed E-state index contributed by atoms with van der Waals surface area (Å²) in [6.45, 7) is -0.0146. The fourth-order valence-electron chi connectivity index (χ4n) is 1.76. The first-order chi connectivity index (χ1) is 9.72. The number of benzene rings is 1. The molecule has 1 atom stereocenters. The van der Waals surface area contributed by atoms with E-state index in [1.807, 2.05) is 0 Å². The second kappa shape index (κ2) is 6.65. The lowest BCUT2D eigenvalue weighted by Crippen LogP contribution is -2.21. The van der Waals surface area contributed by atoms with Crippen molar-refractivity contribution in [2.24, 2.45) is 0 Å². The zero-order chi connectivity index (χ0) is 14.4. The Labute approximate surface area is 116 Å². The van der Waals surface area contributed by atoms with Crippen LogP contribution in [0.1, 0.15) is 11.5 Å². The van der Waals surface area contributed by atoms with Crippen LogP contribution in [0, 0.1) is 5.82 Å². The summed E-state index contributed by atoms with van der Waals surface area (Å²) in [7, 11) is 1.30. The molecule has 20 heavy (non-hydrogen) atoms. The van der Waals surface area contributed by atoms with Crippen molar-refractivity contribution < 1.29 is 18.7 Å². The maximum Gasteiger partial charge on any atom is 0.316 e. The third-order valence-corrected chi connectivity index (χ3v) is 2.81. The number of rotatable bonds is 5. The minimum atomic E-state index is -0.645. The quantitative estimate of drug-likeness (QED) is 0.787. The number of methoxy groups -OCH3 is 1. The first-order valence-electron chi connectivity index (χ1n) is 6.07. The molecule has 1 aromatic carbocycles. The molecule has 0 aliphatic heterocycles. The highest BCUT2D eigenvalue weighted by atomic mass is 19.1. The van der Waals surface area contributed by atoms with Gasteiger partial charge in [0.15, 0.2) is 11.6 Å². The predicted octanol–water partition coefficient (Wildman–Crippen LogP) is 2.56. The van der Waals surface area contributed by atoms with Crippen LogP contribution in [0.2, 0.25) is 0 Å². The second-order valence-electron chi connectivity index (χ2n) is 4.10. The summed E-state index contributed by atoms with van der Waals surface area (Å²) in [6, 6.07) is 9.50. The molecule has 1 unspecified atom stereocenters. The van der Waals surface area contributed by atoms with Gasteiger partial charge in [0.25, 0.3) is 0 Å². The number of carbonyl (C=O) groups excluding carboxylic acids is 1. The van der Waals surface area contributed by atoms with Crippen LogP contribution in [0.4, 0.5) is 4.39 Å². The van der Waals surface area contributed by atoms with Crippen molar-refractivity contribution in [3.8, 4) is 5.75 Å². The Morgan fingerprint density at radius 1 is 1.30 bits per heavy atom. The minimum Gasteiger partial charge on any atom is -0.489 e. The maximum absolute atomic E-state index is 13.5. The number of esters is 1. The molecule has 0 saturated carbocycles. The van der Waals surface area contributed by atoms with Gasteiger partial charge in [0, 0.05) is 12.4 Å². The largest absolute Gasteiger partial charge is 0.489 e. The standard InChI is InChI=1S/C15H14FNO3/c1-19-15(18)12(11-5-4-8-17-9-11)10-20-14-7-3-2-6-13(14)16/h2-9,12H,10H2,1H3. The zero-order valence-electron chi connectivity index (χ0n) is 11.0. The average molecular weight is 275 g/mol. The van der Waals surface area contributed by atoms with E-state index in [9.17, 15) is 9.18 Å². The third-order valence-electron chi connectivity index (χ3n) is 2.81. The number of hydrogen-bond donors (Lipinski definition) is 0. The summed E-state index contributed by atoms with van der Waals surface area (Å²) in [5.41, 5.74) is 0.663. The van der Waals surface area contributed by atoms with E-state index in [4.69, 9.17) is 9.47 Å². The lowest BCUT2D eigenvalue weighted by Gasteiger charge is -2.15. The molecule has 0 N–H and O–H groups in total. The SMILES string of the molecule is COC(=O)C(COc1ccccc1F)c1cccnc1. The lowest BCUT2D eigenvalue weighted by molar-refractivity contribution is -0.143. The first kappa shape index (κ1) is 14.0. The van der Waals surface area contributed by atoms with Gasteiger partial charge in [0.05, 0.1) is 7.11 Å². The average Bonchev–Trinajstić information content (AvgIpc) is 2.50. The van der Waals surface area contributed by atoms with Crippen LogP contribution in [0.25, 0.3) is 0 Å². The molecular weight excluding hydrogens is 261 g/mol. The number of pyridine rings is 1. The number of carbonyl (C=O) groups is 1. The van der Waals surface area contributed by atoms with Crippen molar-refractivity contribution in [2.45, 2.75) is 5.92 Å². The Hall–Kier alpha value is -2.43. The molecule has 0 saturated heterocycles. The molecule has 0 amide bonds. The molecule has 0 spiro atoms. The van der Waals surface area contributed by atoms with Crippen molar-refractivity contribution in [3.05, 3.63) is 60.2 Å². The Morgan fingerprint density at radius 3 is 2.75 bits per heavy atom. The number of ether oxygens (including phenoxy) is 2. The summed E-state index contributed by atoms with van der Waals surface area (Å²) in [5, 5.41) is 0. The number of aromatic nitrogens is 1. The smallest absolute Gasteiger partial charge is 0.316 e. The highest BCUT2D eigenvalue weighted by Gasteiger charge is 2.23. The van der Waals surface area contributed by atoms with E-state index >= 15 is 0 Å². The number of para-hydroxylation sites is 1. The van der Waals surface area contributed by atoms with Gasteiger partial charge in [-0.25, -0.2) is 4.39 Å². The van der Waals surface area contributed by atoms with Crippen LogP contribution in [0.5, 0.6) is 5.75 Å². The summed E-state index contributed by atoms with van der Waals surface area (Å²) in [6.07, 6.45) is 3.17. The lowest BCUT2D eigenvalue weighted by atomic mass is 10.0. The van der Waals surface area contributed by atoms with Gasteiger partial charge in [0.1, 0.15) is 12.5 Å². The van der Waals surface area contributed by atoms with Gasteiger partial charge in [-0.3, -0.25) is 9.78 Å². The number of nitrogens with zero attached hydrogens (tertiary/aromatic N) is 1. The van der Waals surface area contributed by atoms with Gasteiger partial charge in [-0.1, -0.05) is 18.2 Å². The van der Waals surface area contributed by atoms with Crippen molar-refractivity contribution in [1.29, 1.82) is 0 Å². The minimum absolute atomic E-state index is 0.0146. The fraction of sp³-hybridized carbons (Fsp3) is 0.200. The second-order valence-corrected chi connectivity index (χ2v) is 4.10. The number of halogens is 1. The fourth-order valence-corrected chi connectivity index (χ4v) is 1.76. The molecule has 0 radical (unpaired) electrons. The summed E-state index contributed by atoms with van der Waals surface area (Å²) >= 11 is 0. The van der Waals surface area contributed by atoms with E-state index in [0.29, 0.717) is 5.56 Å². The summed E-state index contributed by atoms with van der Waals surface area (Å²) < 4.78 is 23.6. The maximum atomic E-state index is 13.5. The Balaban J connectivity index is 2.14. The van der Waals surface area contributed by atoms with Crippen molar-refractivity contribution in [2.75, 3.05) is 13.7 Å². The first-order valence-corrected chi connectivity index (χ1v) is 6.07. The van der Waals surface area contributed by atoms with E-state index in [-0.39, 0.29) is 12.4 Å². The Morgan fingerprint density at radius 2 is 2.10 bits per heavy atom. The highest BCUT2D eigenvalue weighted by molar-refractivity contribution is 5.78. The third kappa shape index (κ3) is 3.32. The molecule has 0 bridgehead atoms. The van der Waals surface area contributed by atoms with Crippen molar-refractivity contribution in [1.82, 2.24) is 4.98 Å². The van der Waals surface area contributed by atoms with E-state index in [1.165, 1.54) is 19.2 Å². The predicted molar refractivity (Wildman–Crippen MR) is 70.9 cm³/mol. The van der Waals surface area contributed by atoms with Crippen LogP contribution in [0.3, 0.4) is 0 Å². The Bertz CT molecular complexity index is 574. The van der Waals surface area contributed by atoms with E-state index in [0.717, 1.165) is 0 Å². The van der Waals surface area contributed by atoms with Crippen molar-refractivity contribution in [3.63, 3.8) is 0 Å². The molecule has 1 aromatic heterocycles. The van der Waals surface area contributed by atoms with Gasteiger partial charge < -0.3 is 9.47 Å². The van der Waals surface area contributed by atoms with E-state index in [1.54, 1.807) is 36.7 Å². The molecular formula is C15H14FNO3. The van der Waals surface area contributed by atoms with Crippen LogP contribution in [-0.2, 0) is 9.53 Å². The van der Waals surface area contributed by atoms with Gasteiger partial charge in [-0.2, -0.15) is 0 Å². The summed E-state index contributed by atoms with van der Waals surface area (Å²) in [5.74, 6) is -1.46. The zero-order valence-corrected chi connectivity index (χ0v) is 11.0.